The van der Waals surface area contributed by atoms with Gasteiger partial charge in [0.2, 0.25) is 0 Å². The predicted octanol–water partition coefficient (Wildman–Crippen LogP) is 3.84. The number of fused-ring (bicyclic) bond motifs is 3. The molecule has 0 saturated carbocycles. The van der Waals surface area contributed by atoms with Crippen LogP contribution in [0, 0.1) is 0 Å². The van der Waals surface area contributed by atoms with Crippen LogP contribution in [-0.2, 0) is 32.9 Å². The molecule has 4 rings (SSSR count). The molecule has 3 aromatic rings. The number of carbonyl (C=O) groups excluding carboxylic acids is 2. The Morgan fingerprint density at radius 3 is 2.60 bits per heavy atom. The topological polar surface area (TPSA) is 99.3 Å². The lowest BCUT2D eigenvalue weighted by molar-refractivity contribution is -0.191. The zero-order valence-electron chi connectivity index (χ0n) is 16.0. The molecule has 2 aromatic carbocycles. The van der Waals surface area contributed by atoms with Gasteiger partial charge in [-0.2, -0.15) is 27.0 Å². The van der Waals surface area contributed by atoms with Gasteiger partial charge in [-0.15, -0.1) is 0 Å². The van der Waals surface area contributed by atoms with Gasteiger partial charge in [0, 0.05) is 39.7 Å². The summed E-state index contributed by atoms with van der Waals surface area (Å²) in [6.07, 6.45) is 0.250. The molecule has 2 N–H and O–H groups in total. The van der Waals surface area contributed by atoms with Gasteiger partial charge in [0.25, 0.3) is 10.2 Å². The first-order chi connectivity index (χ1) is 14.3. The molecule has 0 saturated heterocycles. The molecule has 1 aliphatic heterocycles. The minimum absolute atomic E-state index is 0.0536. The monoisotopic (exact) mass is 467 g/mol. The molecule has 10 heteroatoms. The van der Waals surface area contributed by atoms with E-state index in [9.17, 15) is 8.42 Å². The first kappa shape index (κ1) is 22.5. The third-order valence-electron chi connectivity index (χ3n) is 4.93. The summed E-state index contributed by atoms with van der Waals surface area (Å²) in [6, 6.07) is 12.9. The smallest absolute Gasteiger partial charge is 0.357 e. The Morgan fingerprint density at radius 2 is 1.90 bits per heavy atom. The van der Waals surface area contributed by atoms with Crippen LogP contribution in [0.1, 0.15) is 29.7 Å². The van der Waals surface area contributed by atoms with E-state index in [-0.39, 0.29) is 18.6 Å². The normalized spacial score (nSPS) is 16.4. The molecule has 0 bridgehead atoms. The van der Waals surface area contributed by atoms with Crippen molar-refractivity contribution in [3.63, 3.8) is 0 Å². The molecule has 0 amide bonds. The molecule has 1 aromatic heterocycles. The van der Waals surface area contributed by atoms with Crippen molar-refractivity contribution in [3.05, 3.63) is 69.3 Å². The van der Waals surface area contributed by atoms with E-state index in [4.69, 9.17) is 32.8 Å². The third kappa shape index (κ3) is 4.75. The van der Waals surface area contributed by atoms with E-state index >= 15 is 0 Å². The van der Waals surface area contributed by atoms with Crippen molar-refractivity contribution in [2.24, 2.45) is 0 Å². The number of rotatable bonds is 4. The summed E-state index contributed by atoms with van der Waals surface area (Å²) in [4.78, 5) is 19.6. The van der Waals surface area contributed by atoms with E-state index in [0.29, 0.717) is 23.1 Å². The highest BCUT2D eigenvalue weighted by Gasteiger charge is 2.32. The second-order valence-corrected chi connectivity index (χ2v) is 9.50. The second-order valence-electron chi connectivity index (χ2n) is 6.90. The van der Waals surface area contributed by atoms with E-state index in [1.54, 1.807) is 6.07 Å². The zero-order chi connectivity index (χ0) is 21.9. The standard InChI is InChI=1S/C19H19Cl2N3O2S.CO2/c1-12-10-24(27(25,26)22-9-13-4-2-3-5-16(13)21)11-18-19(12)15-8-14(20)6-7-17(15)23-18;2-1-3/h2-8,12,22-23H,9-11H2,1H3;. The fourth-order valence-electron chi connectivity index (χ4n) is 3.65. The van der Waals surface area contributed by atoms with Crippen LogP contribution in [-0.4, -0.2) is 30.4 Å². The number of H-pyrrole nitrogens is 1. The molecule has 1 atom stereocenters. The average molecular weight is 468 g/mol. The quantitative estimate of drug-likeness (QED) is 0.608. The number of hydrogen-bond donors (Lipinski definition) is 2. The fourth-order valence-corrected chi connectivity index (χ4v) is 5.27. The minimum atomic E-state index is -3.64. The number of aromatic amines is 1. The van der Waals surface area contributed by atoms with Gasteiger partial charge in [-0.1, -0.05) is 48.3 Å². The number of aromatic nitrogens is 1. The van der Waals surface area contributed by atoms with E-state index in [0.717, 1.165) is 27.7 Å². The summed E-state index contributed by atoms with van der Waals surface area (Å²) < 4.78 is 29.8. The Hall–Kier alpha value is -2.19. The van der Waals surface area contributed by atoms with Crippen molar-refractivity contribution < 1.29 is 18.0 Å². The Labute approximate surface area is 184 Å². The van der Waals surface area contributed by atoms with Gasteiger partial charge >= 0.3 is 6.15 Å². The third-order valence-corrected chi connectivity index (χ3v) is 7.00. The molecular formula is C20H19Cl2N3O4S. The maximum absolute atomic E-state index is 12.8. The average Bonchev–Trinajstić information content (AvgIpc) is 3.06. The van der Waals surface area contributed by atoms with Crippen molar-refractivity contribution in [1.29, 1.82) is 0 Å². The summed E-state index contributed by atoms with van der Waals surface area (Å²) in [5, 5.41) is 2.28. The Kier molecular flexibility index (Phi) is 6.98. The fraction of sp³-hybridized carbons (Fsp3) is 0.250. The minimum Gasteiger partial charge on any atom is -0.357 e. The SMILES string of the molecule is CC1CN(S(=O)(=O)NCc2ccccc2Cl)Cc2[nH]c3ccc(Cl)cc3c21.O=C=O. The molecule has 0 fully saturated rings. The maximum Gasteiger partial charge on any atom is 0.373 e. The largest absolute Gasteiger partial charge is 0.373 e. The number of nitrogens with zero attached hydrogens (tertiary/aromatic N) is 1. The van der Waals surface area contributed by atoms with Crippen molar-refractivity contribution >= 4 is 50.5 Å². The van der Waals surface area contributed by atoms with Crippen LogP contribution >= 0.6 is 23.2 Å². The lowest BCUT2D eigenvalue weighted by Crippen LogP contribution is -2.44. The summed E-state index contributed by atoms with van der Waals surface area (Å²) in [5.74, 6) is 0.0536. The lowest BCUT2D eigenvalue weighted by atomic mass is 9.95. The molecule has 30 heavy (non-hydrogen) atoms. The number of halogens is 2. The molecule has 2 heterocycles. The van der Waals surface area contributed by atoms with E-state index < -0.39 is 10.2 Å². The summed E-state index contributed by atoms with van der Waals surface area (Å²) >= 11 is 12.3. The first-order valence-corrected chi connectivity index (χ1v) is 11.2. The first-order valence-electron chi connectivity index (χ1n) is 9.04. The number of hydrogen-bond acceptors (Lipinski definition) is 4. The zero-order valence-corrected chi connectivity index (χ0v) is 18.3. The molecule has 0 spiro atoms. The molecule has 1 unspecified atom stereocenters. The second kappa shape index (κ2) is 9.31. The van der Waals surface area contributed by atoms with Crippen LogP contribution in [0.2, 0.25) is 10.0 Å². The van der Waals surface area contributed by atoms with Crippen LogP contribution in [0.5, 0.6) is 0 Å². The molecule has 1 aliphatic rings. The summed E-state index contributed by atoms with van der Waals surface area (Å²) in [6.45, 7) is 2.89. The molecule has 158 valence electrons. The van der Waals surface area contributed by atoms with Gasteiger partial charge in [-0.05, 0) is 41.3 Å². The maximum atomic E-state index is 12.8. The van der Waals surface area contributed by atoms with E-state index in [1.165, 1.54) is 4.31 Å². The van der Waals surface area contributed by atoms with Gasteiger partial charge in [0.05, 0.1) is 6.54 Å². The predicted molar refractivity (Wildman–Crippen MR) is 114 cm³/mol. The van der Waals surface area contributed by atoms with Crippen molar-refractivity contribution in [2.75, 3.05) is 6.54 Å². The van der Waals surface area contributed by atoms with Gasteiger partial charge < -0.3 is 4.98 Å². The van der Waals surface area contributed by atoms with Crippen LogP contribution in [0.15, 0.2) is 42.5 Å². The van der Waals surface area contributed by atoms with E-state index in [2.05, 4.69) is 9.71 Å². The van der Waals surface area contributed by atoms with Gasteiger partial charge in [0.1, 0.15) is 0 Å². The van der Waals surface area contributed by atoms with Crippen molar-refractivity contribution in [2.45, 2.75) is 25.9 Å². The molecular weight excluding hydrogens is 449 g/mol. The lowest BCUT2D eigenvalue weighted by Gasteiger charge is -2.30. The van der Waals surface area contributed by atoms with Crippen LogP contribution < -0.4 is 4.72 Å². The highest BCUT2D eigenvalue weighted by atomic mass is 35.5. The van der Waals surface area contributed by atoms with E-state index in [1.807, 2.05) is 43.3 Å². The van der Waals surface area contributed by atoms with Crippen molar-refractivity contribution in [1.82, 2.24) is 14.0 Å². The Balaban J connectivity index is 0.000000806. The van der Waals surface area contributed by atoms with Gasteiger partial charge in [-0.3, -0.25) is 0 Å². The van der Waals surface area contributed by atoms with Crippen LogP contribution in [0.3, 0.4) is 0 Å². The number of nitrogens with one attached hydrogen (secondary N) is 2. The van der Waals surface area contributed by atoms with Crippen molar-refractivity contribution in [3.8, 4) is 0 Å². The van der Waals surface area contributed by atoms with Crippen LogP contribution in [0.4, 0.5) is 0 Å². The highest BCUT2D eigenvalue weighted by Crippen LogP contribution is 2.36. The molecule has 7 nitrogen and oxygen atoms in total. The molecule has 0 radical (unpaired) electrons. The summed E-state index contributed by atoms with van der Waals surface area (Å²) in [5.41, 5.74) is 3.77. The highest BCUT2D eigenvalue weighted by molar-refractivity contribution is 7.87. The van der Waals surface area contributed by atoms with Gasteiger partial charge in [0.15, 0.2) is 0 Å². The molecule has 0 aliphatic carbocycles. The summed E-state index contributed by atoms with van der Waals surface area (Å²) in [7, 11) is -3.64. The number of benzene rings is 2. The van der Waals surface area contributed by atoms with Crippen LogP contribution in [0.25, 0.3) is 10.9 Å². The van der Waals surface area contributed by atoms with Gasteiger partial charge in [-0.25, -0.2) is 0 Å². The Morgan fingerprint density at radius 1 is 1.20 bits per heavy atom. The Bertz CT molecular complexity index is 1200.